The number of H-pyrrole nitrogens is 1. The number of methoxy groups -OCH3 is 2. The van der Waals surface area contributed by atoms with Crippen molar-refractivity contribution in [2.45, 2.75) is 4.90 Å². The van der Waals surface area contributed by atoms with Gasteiger partial charge in [-0.1, -0.05) is 0 Å². The largest absolute Gasteiger partial charge is 0.497 e. The second-order valence-corrected chi connectivity index (χ2v) is 7.72. The number of aromatic nitrogens is 1. The van der Waals surface area contributed by atoms with Crippen LogP contribution in [0.3, 0.4) is 0 Å². The molecule has 1 aromatic heterocycles. The molecule has 3 N–H and O–H groups in total. The van der Waals surface area contributed by atoms with Crippen LogP contribution in [0.2, 0.25) is 0 Å². The van der Waals surface area contributed by atoms with Gasteiger partial charge in [-0.2, -0.15) is 0 Å². The van der Waals surface area contributed by atoms with Gasteiger partial charge in [0.25, 0.3) is 21.5 Å². The van der Waals surface area contributed by atoms with Gasteiger partial charge in [0.05, 0.1) is 14.2 Å². The molecule has 1 heterocycles. The molecule has 0 aliphatic carbocycles. The zero-order valence-corrected chi connectivity index (χ0v) is 16.9. The second-order valence-electron chi connectivity index (χ2n) is 6.07. The SMILES string of the molecule is COc1ccc(NS(=O)(=O)c2cc(NC(=O)c3ccc[nH]c3=O)ccc2OC)cc1. The van der Waals surface area contributed by atoms with Gasteiger partial charge in [0, 0.05) is 17.6 Å². The fourth-order valence-corrected chi connectivity index (χ4v) is 3.89. The minimum atomic E-state index is -4.04. The molecule has 0 radical (unpaired) electrons. The van der Waals surface area contributed by atoms with Crippen molar-refractivity contribution in [2.75, 3.05) is 24.3 Å². The van der Waals surface area contributed by atoms with E-state index in [0.29, 0.717) is 11.4 Å². The Morgan fingerprint density at radius 1 is 0.967 bits per heavy atom. The Labute approximate surface area is 172 Å². The summed E-state index contributed by atoms with van der Waals surface area (Å²) in [5.74, 6) is -0.00353. The fourth-order valence-electron chi connectivity index (χ4n) is 2.63. The lowest BCUT2D eigenvalue weighted by atomic mass is 10.2. The molecule has 10 heteroatoms. The van der Waals surface area contributed by atoms with Crippen LogP contribution >= 0.6 is 0 Å². The lowest BCUT2D eigenvalue weighted by Crippen LogP contribution is -2.22. The number of sulfonamides is 1. The topological polar surface area (TPSA) is 127 Å². The van der Waals surface area contributed by atoms with E-state index in [0.717, 1.165) is 0 Å². The maximum absolute atomic E-state index is 12.9. The molecule has 0 spiro atoms. The molecule has 0 unspecified atom stereocenters. The van der Waals surface area contributed by atoms with Crippen molar-refractivity contribution in [3.05, 3.63) is 76.7 Å². The highest BCUT2D eigenvalue weighted by molar-refractivity contribution is 7.92. The molecule has 3 rings (SSSR count). The number of hydrogen-bond acceptors (Lipinski definition) is 6. The normalized spacial score (nSPS) is 10.9. The van der Waals surface area contributed by atoms with Crippen LogP contribution in [0.4, 0.5) is 11.4 Å². The van der Waals surface area contributed by atoms with Gasteiger partial charge in [-0.25, -0.2) is 8.42 Å². The molecule has 30 heavy (non-hydrogen) atoms. The third kappa shape index (κ3) is 4.61. The summed E-state index contributed by atoms with van der Waals surface area (Å²) in [5.41, 5.74) is -0.158. The molecule has 0 bridgehead atoms. The molecule has 0 saturated carbocycles. The molecule has 0 saturated heterocycles. The monoisotopic (exact) mass is 429 g/mol. The molecular weight excluding hydrogens is 410 g/mol. The highest BCUT2D eigenvalue weighted by Crippen LogP contribution is 2.29. The summed E-state index contributed by atoms with van der Waals surface area (Å²) in [6.07, 6.45) is 1.40. The second kappa shape index (κ2) is 8.70. The van der Waals surface area contributed by atoms with Crippen molar-refractivity contribution in [2.24, 2.45) is 0 Å². The molecule has 9 nitrogen and oxygen atoms in total. The van der Waals surface area contributed by atoms with E-state index in [4.69, 9.17) is 9.47 Å². The van der Waals surface area contributed by atoms with Crippen molar-refractivity contribution in [1.82, 2.24) is 4.98 Å². The molecule has 156 valence electrons. The molecule has 0 fully saturated rings. The van der Waals surface area contributed by atoms with Crippen LogP contribution in [-0.4, -0.2) is 33.5 Å². The van der Waals surface area contributed by atoms with Crippen LogP contribution in [-0.2, 0) is 10.0 Å². The van der Waals surface area contributed by atoms with Gasteiger partial charge < -0.3 is 19.8 Å². The Hall–Kier alpha value is -3.79. The van der Waals surface area contributed by atoms with Gasteiger partial charge in [-0.15, -0.1) is 0 Å². The standard InChI is InChI=1S/C20H19N3O6S/c1-28-15-8-5-13(6-9-15)23-30(26,27)18-12-14(7-10-17(18)29-2)22-20(25)16-4-3-11-21-19(16)24/h3-12,23H,1-2H3,(H,21,24)(H,22,25). The lowest BCUT2D eigenvalue weighted by molar-refractivity contribution is 0.102. The lowest BCUT2D eigenvalue weighted by Gasteiger charge is -2.14. The van der Waals surface area contributed by atoms with Gasteiger partial charge in [-0.05, 0) is 54.6 Å². The zero-order valence-electron chi connectivity index (χ0n) is 16.1. The summed E-state index contributed by atoms with van der Waals surface area (Å²) in [6.45, 7) is 0. The number of pyridine rings is 1. The Bertz CT molecular complexity index is 1220. The first kappa shape index (κ1) is 20.9. The predicted molar refractivity (Wildman–Crippen MR) is 112 cm³/mol. The minimum absolute atomic E-state index is 0.0894. The number of nitrogens with one attached hydrogen (secondary N) is 3. The van der Waals surface area contributed by atoms with Crippen LogP contribution in [0.25, 0.3) is 0 Å². The number of carbonyl (C=O) groups is 1. The maximum Gasteiger partial charge on any atom is 0.265 e. The Morgan fingerprint density at radius 3 is 2.30 bits per heavy atom. The molecule has 2 aromatic carbocycles. The van der Waals surface area contributed by atoms with Gasteiger partial charge >= 0.3 is 0 Å². The van der Waals surface area contributed by atoms with Gasteiger partial charge in [0.1, 0.15) is 22.0 Å². The number of amides is 1. The fraction of sp³-hybridized carbons (Fsp3) is 0.100. The molecule has 3 aromatic rings. The van der Waals surface area contributed by atoms with Crippen molar-refractivity contribution < 1.29 is 22.7 Å². The van der Waals surface area contributed by atoms with Gasteiger partial charge in [0.15, 0.2) is 0 Å². The first-order valence-corrected chi connectivity index (χ1v) is 10.2. The Morgan fingerprint density at radius 2 is 1.67 bits per heavy atom. The van der Waals surface area contributed by atoms with Crippen LogP contribution in [0, 0.1) is 0 Å². The number of aromatic amines is 1. The van der Waals surface area contributed by atoms with Gasteiger partial charge in [-0.3, -0.25) is 14.3 Å². The quantitative estimate of drug-likeness (QED) is 0.530. The highest BCUT2D eigenvalue weighted by Gasteiger charge is 2.21. The van der Waals surface area contributed by atoms with E-state index in [1.165, 1.54) is 50.7 Å². The van der Waals surface area contributed by atoms with E-state index < -0.39 is 21.5 Å². The zero-order chi connectivity index (χ0) is 21.7. The molecule has 1 amide bonds. The maximum atomic E-state index is 12.9. The van der Waals surface area contributed by atoms with Crippen molar-refractivity contribution in [3.8, 4) is 11.5 Å². The van der Waals surface area contributed by atoms with Crippen molar-refractivity contribution >= 4 is 27.3 Å². The van der Waals surface area contributed by atoms with Gasteiger partial charge in [0.2, 0.25) is 0 Å². The smallest absolute Gasteiger partial charge is 0.265 e. The third-order valence-corrected chi connectivity index (χ3v) is 5.52. The van der Waals surface area contributed by atoms with E-state index in [-0.39, 0.29) is 21.9 Å². The predicted octanol–water partition coefficient (Wildman–Crippen LogP) is 2.45. The highest BCUT2D eigenvalue weighted by atomic mass is 32.2. The number of carbonyl (C=O) groups excluding carboxylic acids is 1. The first-order chi connectivity index (χ1) is 14.3. The molecule has 0 aliphatic rings. The van der Waals surface area contributed by atoms with Crippen molar-refractivity contribution in [3.63, 3.8) is 0 Å². The minimum Gasteiger partial charge on any atom is -0.497 e. The van der Waals surface area contributed by atoms with Crippen LogP contribution < -0.4 is 25.1 Å². The summed E-state index contributed by atoms with van der Waals surface area (Å²) < 4.78 is 38.5. The number of rotatable bonds is 7. The average molecular weight is 429 g/mol. The van der Waals surface area contributed by atoms with E-state index in [9.17, 15) is 18.0 Å². The summed E-state index contributed by atoms with van der Waals surface area (Å²) >= 11 is 0. The molecule has 0 aliphatic heterocycles. The Kier molecular flexibility index (Phi) is 6.07. The third-order valence-electron chi connectivity index (χ3n) is 4.12. The molecule has 0 atom stereocenters. The summed E-state index contributed by atoms with van der Waals surface area (Å²) in [5, 5.41) is 2.52. The van der Waals surface area contributed by atoms with E-state index >= 15 is 0 Å². The van der Waals surface area contributed by atoms with Crippen LogP contribution in [0.5, 0.6) is 11.5 Å². The first-order valence-electron chi connectivity index (χ1n) is 8.68. The number of ether oxygens (including phenoxy) is 2. The van der Waals surface area contributed by atoms with E-state index in [2.05, 4.69) is 15.0 Å². The summed E-state index contributed by atoms with van der Waals surface area (Å²) in [4.78, 5) is 26.4. The van der Waals surface area contributed by atoms with Crippen LogP contribution in [0.15, 0.2) is 70.5 Å². The Balaban J connectivity index is 1.90. The number of benzene rings is 2. The average Bonchev–Trinajstić information content (AvgIpc) is 2.74. The van der Waals surface area contributed by atoms with Crippen molar-refractivity contribution in [1.29, 1.82) is 0 Å². The summed E-state index contributed by atoms with van der Waals surface area (Å²) in [6, 6.07) is 13.3. The van der Waals surface area contributed by atoms with E-state index in [1.807, 2.05) is 0 Å². The number of anilines is 2. The summed E-state index contributed by atoms with van der Waals surface area (Å²) in [7, 11) is -1.20. The molecular formula is C20H19N3O6S. The van der Waals surface area contributed by atoms with E-state index in [1.54, 1.807) is 24.3 Å². The van der Waals surface area contributed by atoms with Crippen LogP contribution in [0.1, 0.15) is 10.4 Å². The number of hydrogen-bond donors (Lipinski definition) is 3.